The van der Waals surface area contributed by atoms with E-state index in [1.54, 1.807) is 19.1 Å². The first-order chi connectivity index (χ1) is 15.7. The lowest BCUT2D eigenvalue weighted by atomic mass is 9.80. The third-order valence-corrected chi connectivity index (χ3v) is 6.69. The lowest BCUT2D eigenvalue weighted by Crippen LogP contribution is -2.38. The molecular weight excluding hydrogens is 457 g/mol. The third kappa shape index (κ3) is 4.28. The third-order valence-electron chi connectivity index (χ3n) is 5.82. The Hall–Kier alpha value is -3.47. The predicted molar refractivity (Wildman–Crippen MR) is 115 cm³/mol. The van der Waals surface area contributed by atoms with Crippen molar-refractivity contribution in [1.82, 2.24) is 14.3 Å². The first-order valence-electron chi connectivity index (χ1n) is 9.96. The summed E-state index contributed by atoms with van der Waals surface area (Å²) in [6.07, 6.45) is -0.998. The number of amides is 2. The Morgan fingerprint density at radius 1 is 1.24 bits per heavy atom. The molecule has 172 valence electrons. The number of carbonyl (C=O) groups is 2. The summed E-state index contributed by atoms with van der Waals surface area (Å²) in [5, 5.41) is 12.4. The second kappa shape index (κ2) is 8.81. The Bertz CT molecular complexity index is 1210. The Kier molecular flexibility index (Phi) is 6.07. The van der Waals surface area contributed by atoms with Gasteiger partial charge in [-0.05, 0) is 54.2 Å². The number of alkyl halides is 2. The number of anilines is 1. The van der Waals surface area contributed by atoms with Crippen molar-refractivity contribution < 1.29 is 27.9 Å². The average molecular weight is 476 g/mol. The maximum atomic E-state index is 14.4. The van der Waals surface area contributed by atoms with Crippen LogP contribution in [0.4, 0.5) is 23.7 Å². The zero-order chi connectivity index (χ0) is 23.8. The van der Waals surface area contributed by atoms with Gasteiger partial charge in [0.1, 0.15) is 17.2 Å². The van der Waals surface area contributed by atoms with Crippen molar-refractivity contribution in [2.24, 2.45) is 0 Å². The highest BCUT2D eigenvalue weighted by atomic mass is 32.1. The molecule has 11 heteroatoms. The van der Waals surface area contributed by atoms with Crippen LogP contribution in [0.5, 0.6) is 0 Å². The fraction of sp³-hybridized carbons (Fsp3) is 0.273. The molecule has 7 nitrogen and oxygen atoms in total. The monoisotopic (exact) mass is 476 g/mol. The minimum Gasteiger partial charge on any atom is -0.478 e. The van der Waals surface area contributed by atoms with Crippen LogP contribution in [-0.2, 0) is 5.41 Å². The second-order valence-corrected chi connectivity index (χ2v) is 8.59. The minimum atomic E-state index is -2.82. The van der Waals surface area contributed by atoms with Gasteiger partial charge in [0.05, 0.1) is 16.7 Å². The van der Waals surface area contributed by atoms with Crippen molar-refractivity contribution in [3.05, 3.63) is 75.8 Å². The SMILES string of the molecule is Cc1ccc([C@]2(c3ncns3)CCN(C(=O)Nc3cc(C(F)F)ccc3C(=O)O)C2)cc1F. The molecule has 1 atom stereocenters. The molecule has 1 aliphatic rings. The largest absolute Gasteiger partial charge is 0.478 e. The van der Waals surface area contributed by atoms with Gasteiger partial charge in [-0.1, -0.05) is 18.2 Å². The van der Waals surface area contributed by atoms with Gasteiger partial charge in [0.25, 0.3) is 6.43 Å². The van der Waals surface area contributed by atoms with Crippen molar-refractivity contribution in [1.29, 1.82) is 0 Å². The van der Waals surface area contributed by atoms with Gasteiger partial charge in [0.15, 0.2) is 0 Å². The summed E-state index contributed by atoms with van der Waals surface area (Å²) in [4.78, 5) is 30.3. The van der Waals surface area contributed by atoms with Crippen molar-refractivity contribution in [3.63, 3.8) is 0 Å². The van der Waals surface area contributed by atoms with Gasteiger partial charge in [0.2, 0.25) is 0 Å². The highest BCUT2D eigenvalue weighted by Crippen LogP contribution is 2.42. The molecule has 1 saturated heterocycles. The molecule has 0 unspecified atom stereocenters. The van der Waals surface area contributed by atoms with Crippen LogP contribution >= 0.6 is 11.5 Å². The van der Waals surface area contributed by atoms with Crippen LogP contribution in [0.25, 0.3) is 0 Å². The molecular formula is C22H19F3N4O3S. The van der Waals surface area contributed by atoms with Crippen molar-refractivity contribution in [3.8, 4) is 0 Å². The van der Waals surface area contributed by atoms with Crippen LogP contribution in [0.3, 0.4) is 0 Å². The number of aromatic nitrogens is 2. The quantitative estimate of drug-likeness (QED) is 0.549. The van der Waals surface area contributed by atoms with E-state index in [1.807, 2.05) is 0 Å². The van der Waals surface area contributed by atoms with Crippen molar-refractivity contribution >= 4 is 29.2 Å². The van der Waals surface area contributed by atoms with E-state index in [0.29, 0.717) is 22.6 Å². The van der Waals surface area contributed by atoms with E-state index in [0.717, 1.165) is 29.7 Å². The van der Waals surface area contributed by atoms with E-state index >= 15 is 0 Å². The Balaban J connectivity index is 1.64. The molecule has 0 aliphatic carbocycles. The van der Waals surface area contributed by atoms with Crippen LogP contribution in [0.1, 0.15) is 44.9 Å². The smallest absolute Gasteiger partial charge is 0.337 e. The summed E-state index contributed by atoms with van der Waals surface area (Å²) >= 11 is 1.15. The van der Waals surface area contributed by atoms with E-state index in [1.165, 1.54) is 17.3 Å². The molecule has 0 radical (unpaired) electrons. The lowest BCUT2D eigenvalue weighted by molar-refractivity contribution is 0.0697. The van der Waals surface area contributed by atoms with Crippen molar-refractivity contribution in [2.45, 2.75) is 25.2 Å². The highest BCUT2D eigenvalue weighted by Gasteiger charge is 2.45. The first-order valence-corrected chi connectivity index (χ1v) is 10.7. The normalized spacial score (nSPS) is 18.0. The molecule has 4 rings (SSSR count). The van der Waals surface area contributed by atoms with Gasteiger partial charge in [-0.2, -0.15) is 4.37 Å². The fourth-order valence-electron chi connectivity index (χ4n) is 3.97. The van der Waals surface area contributed by atoms with Crippen LogP contribution in [-0.4, -0.2) is 44.5 Å². The number of carboxylic acids is 1. The number of likely N-dealkylation sites (tertiary alicyclic amines) is 1. The average Bonchev–Trinajstić information content (AvgIpc) is 3.46. The maximum Gasteiger partial charge on any atom is 0.337 e. The van der Waals surface area contributed by atoms with Gasteiger partial charge < -0.3 is 15.3 Å². The summed E-state index contributed by atoms with van der Waals surface area (Å²) in [7, 11) is 0. The number of carbonyl (C=O) groups excluding carboxylic acids is 1. The molecule has 0 bridgehead atoms. The minimum absolute atomic E-state index is 0.132. The number of rotatable bonds is 5. The van der Waals surface area contributed by atoms with Gasteiger partial charge in [0, 0.05) is 18.7 Å². The number of nitrogens with zero attached hydrogens (tertiary/aromatic N) is 3. The Morgan fingerprint density at radius 3 is 2.67 bits per heavy atom. The zero-order valence-corrected chi connectivity index (χ0v) is 18.2. The van der Waals surface area contributed by atoms with Crippen LogP contribution < -0.4 is 5.32 Å². The van der Waals surface area contributed by atoms with Gasteiger partial charge in [-0.15, -0.1) is 0 Å². The summed E-state index contributed by atoms with van der Waals surface area (Å²) in [5.41, 5.74) is -0.603. The highest BCUT2D eigenvalue weighted by molar-refractivity contribution is 7.05. The molecule has 1 fully saturated rings. The number of halogens is 3. The second-order valence-electron chi connectivity index (χ2n) is 7.81. The number of aromatic carboxylic acids is 1. The Morgan fingerprint density at radius 2 is 2.03 bits per heavy atom. The molecule has 2 aromatic carbocycles. The zero-order valence-electron chi connectivity index (χ0n) is 17.4. The molecule has 0 spiro atoms. The number of hydrogen-bond donors (Lipinski definition) is 2. The summed E-state index contributed by atoms with van der Waals surface area (Å²) in [6, 6.07) is 7.21. The van der Waals surface area contributed by atoms with Crippen LogP contribution in [0.15, 0.2) is 42.7 Å². The topological polar surface area (TPSA) is 95.4 Å². The molecule has 3 aromatic rings. The summed E-state index contributed by atoms with van der Waals surface area (Å²) in [5.74, 6) is -1.74. The van der Waals surface area contributed by atoms with Gasteiger partial charge >= 0.3 is 12.0 Å². The molecule has 0 saturated carbocycles. The first kappa shape index (κ1) is 22.7. The maximum absolute atomic E-state index is 14.4. The molecule has 1 aliphatic heterocycles. The van der Waals surface area contributed by atoms with E-state index in [9.17, 15) is 27.9 Å². The molecule has 2 heterocycles. The Labute approximate surface area is 191 Å². The number of urea groups is 1. The number of carboxylic acid groups (broad SMARTS) is 1. The van der Waals surface area contributed by atoms with E-state index in [-0.39, 0.29) is 30.2 Å². The van der Waals surface area contributed by atoms with Gasteiger partial charge in [-0.25, -0.2) is 27.7 Å². The number of nitrogens with one attached hydrogen (secondary N) is 1. The number of benzene rings is 2. The van der Waals surface area contributed by atoms with E-state index < -0.39 is 29.4 Å². The molecule has 2 N–H and O–H groups in total. The fourth-order valence-corrected chi connectivity index (χ4v) is 4.72. The van der Waals surface area contributed by atoms with E-state index in [2.05, 4.69) is 14.7 Å². The van der Waals surface area contributed by atoms with Crippen LogP contribution in [0, 0.1) is 12.7 Å². The summed E-state index contributed by atoms with van der Waals surface area (Å²) < 4.78 is 44.6. The molecule has 2 amide bonds. The summed E-state index contributed by atoms with van der Waals surface area (Å²) in [6.45, 7) is 2.05. The van der Waals surface area contributed by atoms with E-state index in [4.69, 9.17) is 0 Å². The molecule has 33 heavy (non-hydrogen) atoms. The van der Waals surface area contributed by atoms with Crippen molar-refractivity contribution in [2.75, 3.05) is 18.4 Å². The standard InChI is InChI=1S/C22H19F3N4O3S/c1-12-2-4-14(9-16(12)23)22(20-26-11-27-33-20)6-7-29(10-22)21(32)28-17-8-13(18(24)25)3-5-15(17)19(30)31/h2-5,8-9,11,18H,6-7,10H2,1H3,(H,28,32)(H,30,31)/t22-/m0/s1. The number of hydrogen-bond acceptors (Lipinski definition) is 5. The number of aryl methyl sites for hydroxylation is 1. The van der Waals surface area contributed by atoms with Gasteiger partial charge in [-0.3, -0.25) is 0 Å². The lowest BCUT2D eigenvalue weighted by Gasteiger charge is -2.28. The predicted octanol–water partition coefficient (Wildman–Crippen LogP) is 4.85. The molecule has 1 aromatic heterocycles. The van der Waals surface area contributed by atoms with Crippen LogP contribution in [0.2, 0.25) is 0 Å².